The van der Waals surface area contributed by atoms with Gasteiger partial charge >= 0.3 is 11.9 Å². The fourth-order valence-corrected chi connectivity index (χ4v) is 6.65. The first kappa shape index (κ1) is 42.5. The minimum absolute atomic E-state index is 0.0497. The van der Waals surface area contributed by atoms with Crippen LogP contribution in [0.25, 0.3) is 0 Å². The molecule has 1 saturated carbocycles. The minimum Gasteiger partial charge on any atom is -0.462 e. The van der Waals surface area contributed by atoms with Crippen molar-refractivity contribution in [1.29, 1.82) is 0 Å². The minimum atomic E-state index is -0.624. The van der Waals surface area contributed by atoms with Gasteiger partial charge in [-0.15, -0.1) is 19.7 Å². The normalized spacial score (nSPS) is 16.0. The highest BCUT2D eigenvalue weighted by Gasteiger charge is 2.27. The van der Waals surface area contributed by atoms with Gasteiger partial charge < -0.3 is 14.2 Å². The molecule has 1 rings (SSSR count). The van der Waals surface area contributed by atoms with Crippen molar-refractivity contribution in [1.82, 2.24) is 0 Å². The van der Waals surface area contributed by atoms with Crippen LogP contribution in [0.4, 0.5) is 0 Å². The molecule has 4 atom stereocenters. The van der Waals surface area contributed by atoms with Crippen molar-refractivity contribution in [2.24, 2.45) is 11.8 Å². The number of Topliss-reactive ketones (excluding diaryl/α,β-unsaturated/α-hetero) is 2. The Morgan fingerprint density at radius 2 is 1.21 bits per heavy atom. The van der Waals surface area contributed by atoms with Crippen LogP contribution in [0, 0.1) is 11.8 Å². The molecule has 4 unspecified atom stereocenters. The molecule has 7 heteroatoms. The topological polar surface area (TPSA) is 96.0 Å². The molecule has 0 radical (unpaired) electrons. The van der Waals surface area contributed by atoms with Crippen LogP contribution in [0.15, 0.2) is 38.0 Å². The summed E-state index contributed by atoms with van der Waals surface area (Å²) in [6.07, 6.45) is 22.5. The molecule has 47 heavy (non-hydrogen) atoms. The van der Waals surface area contributed by atoms with Crippen LogP contribution in [0.2, 0.25) is 0 Å². The number of hydrogen-bond acceptors (Lipinski definition) is 7. The lowest BCUT2D eigenvalue weighted by atomic mass is 9.84. The maximum atomic E-state index is 13.3. The third-order valence-corrected chi connectivity index (χ3v) is 9.23. The van der Waals surface area contributed by atoms with Crippen molar-refractivity contribution in [2.45, 2.75) is 173 Å². The van der Waals surface area contributed by atoms with Crippen LogP contribution >= 0.6 is 0 Å². The summed E-state index contributed by atoms with van der Waals surface area (Å²) < 4.78 is 17.3. The Morgan fingerprint density at radius 3 is 1.83 bits per heavy atom. The largest absolute Gasteiger partial charge is 0.462 e. The van der Waals surface area contributed by atoms with Crippen molar-refractivity contribution < 1.29 is 33.4 Å². The highest BCUT2D eigenvalue weighted by molar-refractivity contribution is 5.80. The lowest BCUT2D eigenvalue weighted by Gasteiger charge is -2.26. The Kier molecular flexibility index (Phi) is 24.8. The molecule has 0 aromatic carbocycles. The molecule has 0 amide bonds. The third-order valence-electron chi connectivity index (χ3n) is 9.23. The van der Waals surface area contributed by atoms with E-state index < -0.39 is 18.2 Å². The summed E-state index contributed by atoms with van der Waals surface area (Å²) in [5, 5.41) is 0. The molecule has 0 spiro atoms. The van der Waals surface area contributed by atoms with E-state index in [1.54, 1.807) is 13.2 Å². The van der Waals surface area contributed by atoms with Crippen LogP contribution in [0.1, 0.15) is 155 Å². The Labute approximate surface area is 286 Å². The third kappa shape index (κ3) is 22.6. The highest BCUT2D eigenvalue weighted by atomic mass is 16.6. The maximum Gasteiger partial charge on any atom is 0.309 e. The van der Waals surface area contributed by atoms with Crippen molar-refractivity contribution in [3.63, 3.8) is 0 Å². The van der Waals surface area contributed by atoms with Gasteiger partial charge in [0.2, 0.25) is 0 Å². The van der Waals surface area contributed by atoms with E-state index >= 15 is 0 Å². The summed E-state index contributed by atoms with van der Waals surface area (Å²) in [6, 6.07) is 0. The van der Waals surface area contributed by atoms with E-state index in [9.17, 15) is 19.2 Å². The second kappa shape index (κ2) is 27.4. The Balaban J connectivity index is 2.87. The molecule has 0 heterocycles. The summed E-state index contributed by atoms with van der Waals surface area (Å²) in [4.78, 5) is 51.3. The second-order valence-corrected chi connectivity index (χ2v) is 13.7. The van der Waals surface area contributed by atoms with E-state index in [0.717, 1.165) is 64.2 Å². The van der Waals surface area contributed by atoms with E-state index in [1.807, 2.05) is 12.2 Å². The van der Waals surface area contributed by atoms with Crippen molar-refractivity contribution in [3.8, 4) is 0 Å². The number of esters is 2. The van der Waals surface area contributed by atoms with Gasteiger partial charge in [-0.2, -0.15) is 0 Å². The zero-order chi connectivity index (χ0) is 34.7. The average Bonchev–Trinajstić information content (AvgIpc) is 3.03. The molecule has 0 aliphatic heterocycles. The van der Waals surface area contributed by atoms with E-state index in [0.29, 0.717) is 38.0 Å². The van der Waals surface area contributed by atoms with Gasteiger partial charge in [-0.25, -0.2) is 0 Å². The van der Waals surface area contributed by atoms with Crippen molar-refractivity contribution >= 4 is 23.5 Å². The predicted molar refractivity (Wildman–Crippen MR) is 190 cm³/mol. The van der Waals surface area contributed by atoms with E-state index in [2.05, 4.69) is 19.7 Å². The van der Waals surface area contributed by atoms with Gasteiger partial charge in [0.05, 0.1) is 12.5 Å². The SMILES string of the molecule is C=CCCCCCCC(CC(=O)CC(CC1CCCCC1)OC)CC(=O)OC(CCCCC=C)CC(=O)OC(CCC=C)CC(C)=O. The number of ether oxygens (including phenoxy) is 3. The maximum absolute atomic E-state index is 13.3. The molecule has 1 aliphatic rings. The first-order valence-corrected chi connectivity index (χ1v) is 18.5. The molecule has 0 N–H and O–H groups in total. The van der Waals surface area contributed by atoms with Crippen LogP contribution < -0.4 is 0 Å². The monoisotopic (exact) mass is 658 g/mol. The molecule has 1 fully saturated rings. The van der Waals surface area contributed by atoms with Gasteiger partial charge in [-0.1, -0.05) is 69.6 Å². The first-order valence-electron chi connectivity index (χ1n) is 18.5. The number of rotatable bonds is 30. The molecule has 0 bridgehead atoms. The zero-order valence-corrected chi connectivity index (χ0v) is 29.9. The van der Waals surface area contributed by atoms with Gasteiger partial charge in [0.15, 0.2) is 0 Å². The van der Waals surface area contributed by atoms with Crippen LogP contribution in [-0.2, 0) is 33.4 Å². The number of carbonyl (C=O) groups excluding carboxylic acids is 4. The average molecular weight is 659 g/mol. The summed E-state index contributed by atoms with van der Waals surface area (Å²) in [7, 11) is 1.70. The molecular formula is C40H66O7. The van der Waals surface area contributed by atoms with Gasteiger partial charge in [-0.3, -0.25) is 19.2 Å². The van der Waals surface area contributed by atoms with Gasteiger partial charge in [-0.05, 0) is 83.0 Å². The summed E-state index contributed by atoms with van der Waals surface area (Å²) in [5.74, 6) is -0.263. The number of ketones is 2. The summed E-state index contributed by atoms with van der Waals surface area (Å²) >= 11 is 0. The number of carbonyl (C=O) groups is 4. The lowest BCUT2D eigenvalue weighted by molar-refractivity contribution is -0.159. The van der Waals surface area contributed by atoms with Gasteiger partial charge in [0, 0.05) is 32.8 Å². The van der Waals surface area contributed by atoms with E-state index in [4.69, 9.17) is 14.2 Å². The molecular weight excluding hydrogens is 592 g/mol. The molecule has 7 nitrogen and oxygen atoms in total. The van der Waals surface area contributed by atoms with E-state index in [-0.39, 0.29) is 48.8 Å². The van der Waals surface area contributed by atoms with Crippen molar-refractivity contribution in [3.05, 3.63) is 38.0 Å². The second-order valence-electron chi connectivity index (χ2n) is 13.7. The van der Waals surface area contributed by atoms with E-state index in [1.165, 1.54) is 39.0 Å². The Bertz CT molecular complexity index is 920. The molecule has 1 aliphatic carbocycles. The fourth-order valence-electron chi connectivity index (χ4n) is 6.65. The van der Waals surface area contributed by atoms with Gasteiger partial charge in [0.1, 0.15) is 23.8 Å². The number of methoxy groups -OCH3 is 1. The summed E-state index contributed by atoms with van der Waals surface area (Å²) in [5.41, 5.74) is 0. The van der Waals surface area contributed by atoms with Crippen molar-refractivity contribution in [2.75, 3.05) is 7.11 Å². The standard InChI is InChI=1S/C40H66O7/c1-6-9-12-14-15-17-23-34(27-35(42)30-38(45-5)28-33-21-18-16-19-22-33)29-39(43)47-37(25-20-13-10-7-2)31-40(44)46-36(24-11-8-3)26-32(4)41/h6-8,33-34,36-38H,1-3,9-31H2,4-5H3. The highest BCUT2D eigenvalue weighted by Crippen LogP contribution is 2.30. The first-order chi connectivity index (χ1) is 22.7. The van der Waals surface area contributed by atoms with Crippen LogP contribution in [-0.4, -0.2) is 48.9 Å². The van der Waals surface area contributed by atoms with Crippen LogP contribution in [0.5, 0.6) is 0 Å². The smallest absolute Gasteiger partial charge is 0.309 e. The zero-order valence-electron chi connectivity index (χ0n) is 29.9. The Hall–Kier alpha value is -2.54. The fraction of sp³-hybridized carbons (Fsp3) is 0.750. The number of unbranched alkanes of at least 4 members (excludes halogenated alkanes) is 6. The molecule has 268 valence electrons. The summed E-state index contributed by atoms with van der Waals surface area (Å²) in [6.45, 7) is 12.8. The molecule has 0 saturated heterocycles. The molecule has 0 aromatic heterocycles. The van der Waals surface area contributed by atoms with Crippen LogP contribution in [0.3, 0.4) is 0 Å². The number of allylic oxidation sites excluding steroid dienone is 3. The lowest BCUT2D eigenvalue weighted by Crippen LogP contribution is -2.28. The van der Waals surface area contributed by atoms with Gasteiger partial charge in [0.25, 0.3) is 0 Å². The quantitative estimate of drug-likeness (QED) is 0.0431. The molecule has 0 aromatic rings. The predicted octanol–water partition coefficient (Wildman–Crippen LogP) is 9.76. The Morgan fingerprint density at radius 1 is 0.638 bits per heavy atom. The number of hydrogen-bond donors (Lipinski definition) is 0.